The zero-order valence-corrected chi connectivity index (χ0v) is 12.0. The molecule has 19 heavy (non-hydrogen) atoms. The van der Waals surface area contributed by atoms with Crippen LogP contribution in [0.5, 0.6) is 0 Å². The number of carbonyl (C=O) groups is 1. The number of hydrogen-bond donors (Lipinski definition) is 3. The molecule has 2 saturated carbocycles. The van der Waals surface area contributed by atoms with Crippen LogP contribution in [-0.4, -0.2) is 29.8 Å². The highest BCUT2D eigenvalue weighted by Gasteiger charge is 2.34. The van der Waals surface area contributed by atoms with Crippen molar-refractivity contribution in [1.82, 2.24) is 10.6 Å². The predicted molar refractivity (Wildman–Crippen MR) is 75.9 cm³/mol. The predicted octanol–water partition coefficient (Wildman–Crippen LogP) is 2.42. The Labute approximate surface area is 116 Å². The molecule has 3 N–H and O–H groups in total. The first-order chi connectivity index (χ1) is 9.19. The van der Waals surface area contributed by atoms with Gasteiger partial charge in [-0.25, -0.2) is 4.79 Å². The zero-order valence-electron chi connectivity index (χ0n) is 12.0. The Balaban J connectivity index is 1.61. The number of rotatable bonds is 6. The molecule has 2 amide bonds. The smallest absolute Gasteiger partial charge is 0.315 e. The minimum absolute atomic E-state index is 0.0650. The maximum Gasteiger partial charge on any atom is 0.315 e. The van der Waals surface area contributed by atoms with Crippen LogP contribution in [0.2, 0.25) is 0 Å². The second-order valence-corrected chi connectivity index (χ2v) is 6.21. The van der Waals surface area contributed by atoms with E-state index in [2.05, 4.69) is 10.6 Å². The quantitative estimate of drug-likeness (QED) is 0.693. The molecule has 2 fully saturated rings. The molecule has 4 heteroatoms. The summed E-state index contributed by atoms with van der Waals surface area (Å²) < 4.78 is 0. The molecule has 0 aromatic heterocycles. The number of amides is 2. The third-order valence-corrected chi connectivity index (χ3v) is 4.57. The summed E-state index contributed by atoms with van der Waals surface area (Å²) in [6.07, 6.45) is 8.78. The van der Waals surface area contributed by atoms with Gasteiger partial charge in [-0.3, -0.25) is 0 Å². The highest BCUT2D eigenvalue weighted by Crippen LogP contribution is 2.43. The lowest BCUT2D eigenvalue weighted by Crippen LogP contribution is -2.44. The van der Waals surface area contributed by atoms with Gasteiger partial charge in [0.25, 0.3) is 0 Å². The molecule has 0 saturated heterocycles. The van der Waals surface area contributed by atoms with E-state index < -0.39 is 0 Å². The molecule has 0 aliphatic heterocycles. The van der Waals surface area contributed by atoms with Gasteiger partial charge in [0, 0.05) is 12.6 Å². The first-order valence-corrected chi connectivity index (χ1v) is 7.91. The average Bonchev–Trinajstić information content (AvgIpc) is 3.23. The lowest BCUT2D eigenvalue weighted by atomic mass is 9.83. The standard InChI is InChI=1S/C15H28N2O2/c1-2-14(18)8-9-16-15(19)17-13-5-3-4-12(10-13)11-6-7-11/h11-14,18H,2-10H2,1H3,(H2,16,17,19). The number of hydrogen-bond acceptors (Lipinski definition) is 2. The molecule has 4 nitrogen and oxygen atoms in total. The Morgan fingerprint density at radius 1 is 1.26 bits per heavy atom. The van der Waals surface area contributed by atoms with Crippen LogP contribution in [0.15, 0.2) is 0 Å². The zero-order chi connectivity index (χ0) is 13.7. The minimum Gasteiger partial charge on any atom is -0.393 e. The van der Waals surface area contributed by atoms with E-state index in [9.17, 15) is 9.90 Å². The highest BCUT2D eigenvalue weighted by molar-refractivity contribution is 5.74. The van der Waals surface area contributed by atoms with Gasteiger partial charge >= 0.3 is 6.03 Å². The van der Waals surface area contributed by atoms with Gasteiger partial charge in [-0.05, 0) is 50.4 Å². The first-order valence-electron chi connectivity index (χ1n) is 7.91. The maximum atomic E-state index is 11.8. The van der Waals surface area contributed by atoms with E-state index >= 15 is 0 Å². The van der Waals surface area contributed by atoms with Crippen LogP contribution in [-0.2, 0) is 0 Å². The van der Waals surface area contributed by atoms with Crippen LogP contribution in [0.1, 0.15) is 58.3 Å². The monoisotopic (exact) mass is 268 g/mol. The summed E-state index contributed by atoms with van der Waals surface area (Å²) in [6, 6.07) is 0.292. The van der Waals surface area contributed by atoms with Crippen LogP contribution in [0, 0.1) is 11.8 Å². The van der Waals surface area contributed by atoms with Crippen molar-refractivity contribution in [2.45, 2.75) is 70.4 Å². The number of urea groups is 1. The maximum absolute atomic E-state index is 11.8. The molecule has 0 bridgehead atoms. The number of carbonyl (C=O) groups excluding carboxylic acids is 1. The SMILES string of the molecule is CCC(O)CCNC(=O)NC1CCCC(C2CC2)C1. The lowest BCUT2D eigenvalue weighted by Gasteiger charge is -2.29. The Bertz CT molecular complexity index is 292. The molecule has 0 spiro atoms. The van der Waals surface area contributed by atoms with Crippen LogP contribution in [0.4, 0.5) is 4.79 Å². The molecule has 2 aliphatic rings. The van der Waals surface area contributed by atoms with Gasteiger partial charge in [0.15, 0.2) is 0 Å². The Hall–Kier alpha value is -0.770. The van der Waals surface area contributed by atoms with E-state index in [0.717, 1.165) is 31.1 Å². The van der Waals surface area contributed by atoms with E-state index in [-0.39, 0.29) is 12.1 Å². The largest absolute Gasteiger partial charge is 0.393 e. The summed E-state index contributed by atoms with van der Waals surface area (Å²) in [5, 5.41) is 15.4. The molecule has 2 rings (SSSR count). The van der Waals surface area contributed by atoms with Gasteiger partial charge in [0.1, 0.15) is 0 Å². The molecule has 110 valence electrons. The number of aliphatic hydroxyl groups excluding tert-OH is 1. The molecule has 3 unspecified atom stereocenters. The Kier molecular flexibility index (Phi) is 5.49. The molecule has 0 aromatic carbocycles. The van der Waals surface area contributed by atoms with E-state index in [1.165, 1.54) is 25.7 Å². The van der Waals surface area contributed by atoms with Crippen LogP contribution >= 0.6 is 0 Å². The fourth-order valence-electron chi connectivity index (χ4n) is 3.15. The van der Waals surface area contributed by atoms with Crippen LogP contribution < -0.4 is 10.6 Å². The van der Waals surface area contributed by atoms with Crippen molar-refractivity contribution < 1.29 is 9.90 Å². The molecular formula is C15H28N2O2. The molecule has 0 radical (unpaired) electrons. The first kappa shape index (κ1) is 14.6. The average molecular weight is 268 g/mol. The summed E-state index contributed by atoms with van der Waals surface area (Å²) in [5.74, 6) is 1.80. The van der Waals surface area contributed by atoms with E-state index in [1.54, 1.807) is 0 Å². The van der Waals surface area contributed by atoms with Gasteiger partial charge in [-0.2, -0.15) is 0 Å². The minimum atomic E-state index is -0.297. The summed E-state index contributed by atoms with van der Waals surface area (Å²) >= 11 is 0. The van der Waals surface area contributed by atoms with Crippen molar-refractivity contribution in [2.75, 3.05) is 6.54 Å². The van der Waals surface area contributed by atoms with Gasteiger partial charge in [-0.15, -0.1) is 0 Å². The fourth-order valence-corrected chi connectivity index (χ4v) is 3.15. The Morgan fingerprint density at radius 3 is 2.74 bits per heavy atom. The van der Waals surface area contributed by atoms with Gasteiger partial charge in [0.05, 0.1) is 6.10 Å². The van der Waals surface area contributed by atoms with Crippen molar-refractivity contribution >= 4 is 6.03 Å². The van der Waals surface area contributed by atoms with Crippen molar-refractivity contribution in [3.63, 3.8) is 0 Å². The van der Waals surface area contributed by atoms with Gasteiger partial charge in [-0.1, -0.05) is 19.8 Å². The van der Waals surface area contributed by atoms with Crippen molar-refractivity contribution in [1.29, 1.82) is 0 Å². The molecule has 0 heterocycles. The summed E-state index contributed by atoms with van der Waals surface area (Å²) in [4.78, 5) is 11.8. The van der Waals surface area contributed by atoms with Crippen molar-refractivity contribution in [2.24, 2.45) is 11.8 Å². The third-order valence-electron chi connectivity index (χ3n) is 4.57. The van der Waals surface area contributed by atoms with Crippen molar-refractivity contribution in [3.8, 4) is 0 Å². The van der Waals surface area contributed by atoms with Gasteiger partial charge in [0.2, 0.25) is 0 Å². The van der Waals surface area contributed by atoms with Crippen LogP contribution in [0.25, 0.3) is 0 Å². The summed E-state index contributed by atoms with van der Waals surface area (Å²) in [6.45, 7) is 2.50. The number of nitrogens with one attached hydrogen (secondary N) is 2. The summed E-state index contributed by atoms with van der Waals surface area (Å²) in [7, 11) is 0. The molecule has 2 aliphatic carbocycles. The second-order valence-electron chi connectivity index (χ2n) is 6.21. The fraction of sp³-hybridized carbons (Fsp3) is 0.933. The van der Waals surface area contributed by atoms with E-state index in [4.69, 9.17) is 0 Å². The second kappa shape index (κ2) is 7.13. The topological polar surface area (TPSA) is 61.4 Å². The van der Waals surface area contributed by atoms with Gasteiger partial charge < -0.3 is 15.7 Å². The normalized spacial score (nSPS) is 28.7. The molecule has 3 atom stereocenters. The van der Waals surface area contributed by atoms with Crippen molar-refractivity contribution in [3.05, 3.63) is 0 Å². The number of aliphatic hydroxyl groups is 1. The van der Waals surface area contributed by atoms with Crippen LogP contribution in [0.3, 0.4) is 0 Å². The molecular weight excluding hydrogens is 240 g/mol. The van der Waals surface area contributed by atoms with E-state index in [0.29, 0.717) is 19.0 Å². The van der Waals surface area contributed by atoms with E-state index in [1.807, 2.05) is 6.92 Å². The summed E-state index contributed by atoms with van der Waals surface area (Å²) in [5.41, 5.74) is 0. The third kappa shape index (κ3) is 5.01. The Morgan fingerprint density at radius 2 is 2.05 bits per heavy atom. The lowest BCUT2D eigenvalue weighted by molar-refractivity contribution is 0.159. The molecule has 0 aromatic rings. The highest BCUT2D eigenvalue weighted by atomic mass is 16.3.